The van der Waals surface area contributed by atoms with E-state index in [0.717, 1.165) is 90.2 Å². The van der Waals surface area contributed by atoms with Crippen LogP contribution in [0.3, 0.4) is 0 Å². The van der Waals surface area contributed by atoms with E-state index >= 15 is 0 Å². The molecule has 2 aliphatic rings. The van der Waals surface area contributed by atoms with Crippen molar-refractivity contribution in [2.45, 2.75) is 71.8 Å². The third kappa shape index (κ3) is 10.9. The lowest BCUT2D eigenvalue weighted by molar-refractivity contribution is 0.0954. The fourth-order valence-corrected chi connectivity index (χ4v) is 8.44. The van der Waals surface area contributed by atoms with Gasteiger partial charge in [0.05, 0.1) is 46.5 Å². The molecule has 57 heavy (non-hydrogen) atoms. The van der Waals surface area contributed by atoms with Gasteiger partial charge in [-0.15, -0.1) is 0 Å². The highest BCUT2D eigenvalue weighted by atomic mass is 32.1. The Kier molecular flexibility index (Phi) is 13.5. The molecule has 7 rings (SSSR count). The first-order valence-corrected chi connectivity index (χ1v) is 20.8. The Balaban J connectivity index is 0.000000208. The minimum atomic E-state index is -0.583. The molecule has 0 spiro atoms. The number of amides is 2. The molecule has 16 heteroatoms. The zero-order chi connectivity index (χ0) is 40.6. The number of aromatic nitrogens is 4. The van der Waals surface area contributed by atoms with Gasteiger partial charge in [-0.2, -0.15) is 8.75 Å². The Labute approximate surface area is 341 Å². The fourth-order valence-electron chi connectivity index (χ4n) is 7.09. The van der Waals surface area contributed by atoms with Crippen LogP contribution in [-0.2, 0) is 0 Å². The maximum Gasteiger partial charge on any atom is 0.269 e. The Morgan fingerprint density at radius 2 is 1.28 bits per heavy atom. The van der Waals surface area contributed by atoms with Crippen LogP contribution in [0.15, 0.2) is 60.9 Å². The Bertz CT molecular complexity index is 2190. The summed E-state index contributed by atoms with van der Waals surface area (Å²) in [4.78, 5) is 49.5. The standard InChI is InChI=1S/C26H31N5O2S.C15H20N6OS/c1-16(2)19-6-8-20(9-7-19)23(32)12-18-5-4-10-31(15-18)21-13-22(25(26(27)33)28-14-21)29-24-11-17(3)30-34-24;1-9-5-13(23-20-9)19-12-6-11(7-18-14(12)15(17)22)21-4-2-3-10(16)8-21/h6-9,11,13-14,16,18,29H,4-5,10,12,15H2,1-3H3,(H2,27,33);5-7,10,19H,2-4,8,16H2,1H3,(H2,17,22)/t18-;10-/m01/s1. The first kappa shape index (κ1) is 41.2. The number of aryl methyl sites for hydroxylation is 2. The lowest BCUT2D eigenvalue weighted by atomic mass is 9.90. The highest BCUT2D eigenvalue weighted by molar-refractivity contribution is 7.10. The molecule has 2 atom stereocenters. The maximum atomic E-state index is 12.9. The van der Waals surface area contributed by atoms with E-state index in [1.165, 1.54) is 28.6 Å². The van der Waals surface area contributed by atoms with E-state index in [-0.39, 0.29) is 29.1 Å². The number of nitrogens with two attached hydrogens (primary N) is 3. The summed E-state index contributed by atoms with van der Waals surface area (Å²) in [5.74, 6) is -0.240. The van der Waals surface area contributed by atoms with Crippen LogP contribution in [0.5, 0.6) is 0 Å². The van der Waals surface area contributed by atoms with Crippen molar-refractivity contribution in [2.75, 3.05) is 46.6 Å². The SMILES string of the molecule is Cc1cc(Nc2cc(N3CCC[C@@H](CC(=O)c4ccc(C(C)C)cc4)C3)cnc2C(N)=O)sn1.Cc1cc(Nc2cc(N3CCC[C@@H](N)C3)cnc2C(N)=O)sn1. The van der Waals surface area contributed by atoms with Crippen LogP contribution in [-0.4, -0.2) is 68.5 Å². The number of carbonyl (C=O) groups excluding carboxylic acids is 3. The average molecular weight is 810 g/mol. The van der Waals surface area contributed by atoms with Crippen molar-refractivity contribution >= 4 is 73.4 Å². The number of rotatable bonds is 12. The summed E-state index contributed by atoms with van der Waals surface area (Å²) in [5, 5.41) is 8.11. The Morgan fingerprint density at radius 1 is 0.772 bits per heavy atom. The number of pyridine rings is 2. The molecule has 2 saturated heterocycles. The minimum absolute atomic E-state index is 0.167. The van der Waals surface area contributed by atoms with Crippen LogP contribution in [0.4, 0.5) is 32.8 Å². The van der Waals surface area contributed by atoms with Crippen molar-refractivity contribution < 1.29 is 14.4 Å². The molecule has 5 aromatic rings. The molecule has 4 aromatic heterocycles. The van der Waals surface area contributed by atoms with Crippen molar-refractivity contribution in [2.24, 2.45) is 23.1 Å². The maximum absolute atomic E-state index is 12.9. The number of benzene rings is 1. The van der Waals surface area contributed by atoms with Crippen LogP contribution >= 0.6 is 23.1 Å². The number of ketones is 1. The van der Waals surface area contributed by atoms with Gasteiger partial charge in [0.15, 0.2) is 17.2 Å². The zero-order valence-electron chi connectivity index (χ0n) is 32.8. The van der Waals surface area contributed by atoms with Gasteiger partial charge in [0.25, 0.3) is 11.8 Å². The summed E-state index contributed by atoms with van der Waals surface area (Å²) in [5.41, 5.74) is 24.3. The Morgan fingerprint density at radius 3 is 1.74 bits per heavy atom. The first-order chi connectivity index (χ1) is 27.3. The van der Waals surface area contributed by atoms with E-state index in [1.54, 1.807) is 12.4 Å². The van der Waals surface area contributed by atoms with Crippen molar-refractivity contribution in [1.82, 2.24) is 18.7 Å². The number of Topliss-reactive ketones (excluding diaryl/α,β-unsaturated/α-hetero) is 1. The molecule has 8 N–H and O–H groups in total. The molecule has 14 nitrogen and oxygen atoms in total. The molecule has 2 amide bonds. The summed E-state index contributed by atoms with van der Waals surface area (Å²) in [7, 11) is 0. The van der Waals surface area contributed by atoms with Crippen molar-refractivity contribution in [3.63, 3.8) is 0 Å². The predicted octanol–water partition coefficient (Wildman–Crippen LogP) is 6.92. The number of piperidine rings is 2. The van der Waals surface area contributed by atoms with Crippen LogP contribution < -0.4 is 37.6 Å². The summed E-state index contributed by atoms with van der Waals surface area (Å²) >= 11 is 2.65. The largest absolute Gasteiger partial charge is 0.370 e. The summed E-state index contributed by atoms with van der Waals surface area (Å²) in [6.45, 7) is 11.5. The average Bonchev–Trinajstić information content (AvgIpc) is 3.80. The normalized spacial score (nSPS) is 16.8. The van der Waals surface area contributed by atoms with E-state index in [0.29, 0.717) is 23.7 Å². The number of primary amides is 2. The predicted molar refractivity (Wildman–Crippen MR) is 230 cm³/mol. The number of anilines is 6. The van der Waals surface area contributed by atoms with E-state index in [2.05, 4.69) is 65.1 Å². The first-order valence-electron chi connectivity index (χ1n) is 19.2. The van der Waals surface area contributed by atoms with Crippen molar-refractivity contribution in [3.8, 4) is 0 Å². The number of nitrogens with zero attached hydrogens (tertiary/aromatic N) is 6. The number of hydrogen-bond acceptors (Lipinski definition) is 14. The molecule has 6 heterocycles. The van der Waals surface area contributed by atoms with Gasteiger partial charge in [0, 0.05) is 44.2 Å². The summed E-state index contributed by atoms with van der Waals surface area (Å²) in [6.07, 6.45) is 8.00. The highest BCUT2D eigenvalue weighted by Crippen LogP contribution is 2.32. The topological polar surface area (TPSA) is 211 Å². The van der Waals surface area contributed by atoms with Crippen molar-refractivity contribution in [3.05, 3.63) is 94.8 Å². The highest BCUT2D eigenvalue weighted by Gasteiger charge is 2.25. The van der Waals surface area contributed by atoms with E-state index in [1.807, 2.05) is 50.2 Å². The van der Waals surface area contributed by atoms with Gasteiger partial charge in [-0.25, -0.2) is 9.97 Å². The lowest BCUT2D eigenvalue weighted by Gasteiger charge is -2.34. The minimum Gasteiger partial charge on any atom is -0.370 e. The molecular formula is C41H51N11O3S2. The van der Waals surface area contributed by atoms with Gasteiger partial charge in [-0.3, -0.25) is 14.4 Å². The number of hydrogen-bond donors (Lipinski definition) is 5. The van der Waals surface area contributed by atoms with Gasteiger partial charge in [-0.05, 0) is 104 Å². The molecule has 0 radical (unpaired) electrons. The molecule has 0 aliphatic carbocycles. The van der Waals surface area contributed by atoms with E-state index < -0.39 is 11.8 Å². The monoisotopic (exact) mass is 809 g/mol. The summed E-state index contributed by atoms with van der Waals surface area (Å²) < 4.78 is 8.50. The molecule has 0 unspecified atom stereocenters. The molecule has 0 saturated carbocycles. The fraction of sp³-hybridized carbons (Fsp3) is 0.390. The molecule has 1 aromatic carbocycles. The second-order valence-electron chi connectivity index (χ2n) is 15.0. The van der Waals surface area contributed by atoms with Gasteiger partial charge >= 0.3 is 0 Å². The molecule has 2 aliphatic heterocycles. The molecule has 0 bridgehead atoms. The Hall–Kier alpha value is -5.45. The van der Waals surface area contributed by atoms with Crippen LogP contribution in [0.2, 0.25) is 0 Å². The van der Waals surface area contributed by atoms with E-state index in [4.69, 9.17) is 17.2 Å². The molecule has 300 valence electrons. The van der Waals surface area contributed by atoms with Gasteiger partial charge in [-0.1, -0.05) is 38.1 Å². The third-order valence-corrected chi connectivity index (χ3v) is 11.7. The van der Waals surface area contributed by atoms with Crippen LogP contribution in [0.1, 0.15) is 100 Å². The molecule has 2 fully saturated rings. The smallest absolute Gasteiger partial charge is 0.269 e. The zero-order valence-corrected chi connectivity index (χ0v) is 34.5. The quantitative estimate of drug-likeness (QED) is 0.0814. The van der Waals surface area contributed by atoms with Crippen LogP contribution in [0, 0.1) is 19.8 Å². The third-order valence-electron chi connectivity index (χ3n) is 10.1. The molecular weight excluding hydrogens is 759 g/mol. The number of nitrogens with one attached hydrogen (secondary N) is 2. The van der Waals surface area contributed by atoms with Gasteiger partial charge < -0.3 is 37.6 Å². The van der Waals surface area contributed by atoms with E-state index in [9.17, 15) is 14.4 Å². The van der Waals surface area contributed by atoms with Gasteiger partial charge in [0.2, 0.25) is 0 Å². The second kappa shape index (κ2) is 18.7. The summed E-state index contributed by atoms with van der Waals surface area (Å²) in [6, 6.07) is 15.8. The number of carbonyl (C=O) groups is 3. The second-order valence-corrected chi connectivity index (χ2v) is 16.6. The van der Waals surface area contributed by atoms with Crippen LogP contribution in [0.25, 0.3) is 0 Å². The lowest BCUT2D eigenvalue weighted by Crippen LogP contribution is -2.42. The van der Waals surface area contributed by atoms with Gasteiger partial charge in [0.1, 0.15) is 10.0 Å². The van der Waals surface area contributed by atoms with Crippen molar-refractivity contribution in [1.29, 1.82) is 0 Å².